The van der Waals surface area contributed by atoms with Gasteiger partial charge in [0.05, 0.1) is 5.69 Å². The number of nitrogens with zero attached hydrogens (tertiary/aromatic N) is 4. The molecule has 0 bridgehead atoms. The Balaban J connectivity index is 1.54. The first-order chi connectivity index (χ1) is 13.5. The summed E-state index contributed by atoms with van der Waals surface area (Å²) >= 11 is 0. The van der Waals surface area contributed by atoms with E-state index in [4.69, 9.17) is 10.1 Å². The highest BCUT2D eigenvalue weighted by Crippen LogP contribution is 2.22. The van der Waals surface area contributed by atoms with Crippen molar-refractivity contribution in [2.75, 3.05) is 26.2 Å². The number of guanidine groups is 1. The molecule has 2 aliphatic rings. The third-order valence-electron chi connectivity index (χ3n) is 5.88. The molecule has 2 N–H and O–H groups in total. The topological polar surface area (TPSA) is 74.6 Å². The van der Waals surface area contributed by atoms with E-state index in [0.717, 1.165) is 64.2 Å². The summed E-state index contributed by atoms with van der Waals surface area (Å²) in [6.07, 6.45) is 7.43. The number of piperidine rings is 1. The van der Waals surface area contributed by atoms with Crippen LogP contribution >= 0.6 is 0 Å². The summed E-state index contributed by atoms with van der Waals surface area (Å²) in [5.41, 5.74) is 2.62. The largest absolute Gasteiger partial charge is 0.357 e. The zero-order valence-electron chi connectivity index (χ0n) is 17.9. The van der Waals surface area contributed by atoms with Crippen LogP contribution < -0.4 is 10.6 Å². The number of likely N-dealkylation sites (tertiary alicyclic amines) is 1. The lowest BCUT2D eigenvalue weighted by molar-refractivity contribution is -0.130. The van der Waals surface area contributed by atoms with Crippen molar-refractivity contribution in [2.24, 2.45) is 10.9 Å². The number of amides is 1. The van der Waals surface area contributed by atoms with Crippen LogP contribution in [-0.4, -0.2) is 58.8 Å². The minimum Gasteiger partial charge on any atom is -0.357 e. The van der Waals surface area contributed by atoms with E-state index in [2.05, 4.69) is 42.3 Å². The molecule has 1 aromatic heterocycles. The Bertz CT molecular complexity index is 687. The normalized spacial score (nSPS) is 21.0. The van der Waals surface area contributed by atoms with E-state index in [1.165, 1.54) is 11.3 Å². The summed E-state index contributed by atoms with van der Waals surface area (Å²) in [4.78, 5) is 18.3. The van der Waals surface area contributed by atoms with E-state index < -0.39 is 0 Å². The molecule has 1 aliphatic heterocycles. The number of carbonyl (C=O) groups excluding carboxylic acids is 1. The van der Waals surface area contributed by atoms with Gasteiger partial charge in [-0.15, -0.1) is 0 Å². The summed E-state index contributed by atoms with van der Waals surface area (Å²) < 4.78 is 2.08. The van der Waals surface area contributed by atoms with Crippen molar-refractivity contribution in [1.29, 1.82) is 0 Å². The van der Waals surface area contributed by atoms with Crippen LogP contribution in [0.5, 0.6) is 0 Å². The van der Waals surface area contributed by atoms with Gasteiger partial charge in [-0.25, -0.2) is 0 Å². The molecule has 156 valence electrons. The molecule has 1 aromatic rings. The molecule has 1 aliphatic carbocycles. The lowest BCUT2D eigenvalue weighted by Crippen LogP contribution is -2.46. The predicted octanol–water partition coefficient (Wildman–Crippen LogP) is 2.13. The maximum Gasteiger partial charge on any atom is 0.219 e. The van der Waals surface area contributed by atoms with E-state index in [1.807, 2.05) is 4.90 Å². The minimum atomic E-state index is 0.188. The Morgan fingerprint density at radius 1 is 1.32 bits per heavy atom. The number of aryl methyl sites for hydroxylation is 1. The summed E-state index contributed by atoms with van der Waals surface area (Å²) in [5.74, 6) is 1.66. The highest BCUT2D eigenvalue weighted by Gasteiger charge is 2.24. The van der Waals surface area contributed by atoms with Crippen molar-refractivity contribution < 1.29 is 4.79 Å². The van der Waals surface area contributed by atoms with Gasteiger partial charge in [-0.2, -0.15) is 5.10 Å². The van der Waals surface area contributed by atoms with Crippen LogP contribution in [0.25, 0.3) is 0 Å². The molecule has 2 heterocycles. The SMILES string of the molecule is CCNC(=NCC1CCN(C(C)=O)CC1)NC1CCc2cn(C(C)C)nc2C1. The van der Waals surface area contributed by atoms with Gasteiger partial charge < -0.3 is 15.5 Å². The predicted molar refractivity (Wildman–Crippen MR) is 113 cm³/mol. The van der Waals surface area contributed by atoms with Crippen LogP contribution in [0.2, 0.25) is 0 Å². The molecule has 28 heavy (non-hydrogen) atoms. The first-order valence-corrected chi connectivity index (χ1v) is 10.8. The van der Waals surface area contributed by atoms with Crippen molar-refractivity contribution in [2.45, 2.75) is 71.9 Å². The number of nitrogens with one attached hydrogen (secondary N) is 2. The fourth-order valence-corrected chi connectivity index (χ4v) is 4.06. The number of aromatic nitrogens is 2. The number of fused-ring (bicyclic) bond motifs is 1. The molecule has 7 nitrogen and oxygen atoms in total. The van der Waals surface area contributed by atoms with E-state index >= 15 is 0 Å². The third kappa shape index (κ3) is 5.26. The first kappa shape index (κ1) is 20.7. The van der Waals surface area contributed by atoms with Gasteiger partial charge in [0.15, 0.2) is 5.96 Å². The van der Waals surface area contributed by atoms with Gasteiger partial charge in [-0.1, -0.05) is 0 Å². The first-order valence-electron chi connectivity index (χ1n) is 10.8. The molecule has 1 atom stereocenters. The lowest BCUT2D eigenvalue weighted by Gasteiger charge is -2.30. The van der Waals surface area contributed by atoms with Gasteiger partial charge in [0.25, 0.3) is 0 Å². The molecule has 1 saturated heterocycles. The van der Waals surface area contributed by atoms with Gasteiger partial charge in [0.2, 0.25) is 5.91 Å². The number of hydrogen-bond acceptors (Lipinski definition) is 3. The standard InChI is InChI=1S/C21H36N6O/c1-5-22-21(23-13-17-8-10-26(11-9-17)16(4)28)24-19-7-6-18-14-27(15(2)3)25-20(18)12-19/h14-15,17,19H,5-13H2,1-4H3,(H2,22,23,24). The molecule has 0 aromatic carbocycles. The van der Waals surface area contributed by atoms with Crippen LogP contribution in [0.3, 0.4) is 0 Å². The van der Waals surface area contributed by atoms with Crippen molar-refractivity contribution in [3.8, 4) is 0 Å². The summed E-state index contributed by atoms with van der Waals surface area (Å²) in [6, 6.07) is 0.783. The Hall–Kier alpha value is -2.05. The summed E-state index contributed by atoms with van der Waals surface area (Å²) in [6.45, 7) is 11.5. The number of rotatable bonds is 5. The molecule has 0 radical (unpaired) electrons. The van der Waals surface area contributed by atoms with Crippen molar-refractivity contribution in [1.82, 2.24) is 25.3 Å². The Kier molecular flexibility index (Phi) is 6.97. The molecular formula is C21H36N6O. The Morgan fingerprint density at radius 2 is 2.07 bits per heavy atom. The molecule has 1 fully saturated rings. The Labute approximate surface area is 169 Å². The lowest BCUT2D eigenvalue weighted by atomic mass is 9.94. The molecule has 3 rings (SSSR count). The minimum absolute atomic E-state index is 0.188. The van der Waals surface area contributed by atoms with Crippen LogP contribution in [0, 0.1) is 5.92 Å². The zero-order valence-corrected chi connectivity index (χ0v) is 17.9. The van der Waals surface area contributed by atoms with Gasteiger partial charge in [0.1, 0.15) is 0 Å². The van der Waals surface area contributed by atoms with Crippen LogP contribution in [-0.2, 0) is 17.6 Å². The van der Waals surface area contributed by atoms with Crippen molar-refractivity contribution in [3.63, 3.8) is 0 Å². The van der Waals surface area contributed by atoms with Crippen LogP contribution in [0.4, 0.5) is 0 Å². The van der Waals surface area contributed by atoms with E-state index in [9.17, 15) is 4.79 Å². The number of aliphatic imine (C=N–C) groups is 1. The monoisotopic (exact) mass is 388 g/mol. The van der Waals surface area contributed by atoms with Crippen LogP contribution in [0.15, 0.2) is 11.2 Å². The highest BCUT2D eigenvalue weighted by atomic mass is 16.2. The molecule has 1 unspecified atom stereocenters. The second kappa shape index (κ2) is 9.43. The summed E-state index contributed by atoms with van der Waals surface area (Å²) in [5, 5.41) is 11.8. The smallest absolute Gasteiger partial charge is 0.219 e. The molecular weight excluding hydrogens is 352 g/mol. The molecule has 1 amide bonds. The van der Waals surface area contributed by atoms with E-state index in [1.54, 1.807) is 6.92 Å². The average molecular weight is 389 g/mol. The second-order valence-corrected chi connectivity index (χ2v) is 8.43. The van der Waals surface area contributed by atoms with Crippen molar-refractivity contribution >= 4 is 11.9 Å². The highest BCUT2D eigenvalue weighted by molar-refractivity contribution is 5.80. The van der Waals surface area contributed by atoms with Gasteiger partial charge in [0, 0.05) is 57.8 Å². The van der Waals surface area contributed by atoms with Gasteiger partial charge in [-0.05, 0) is 57.9 Å². The fourth-order valence-electron chi connectivity index (χ4n) is 4.06. The van der Waals surface area contributed by atoms with Gasteiger partial charge in [-0.3, -0.25) is 14.5 Å². The number of hydrogen-bond donors (Lipinski definition) is 2. The van der Waals surface area contributed by atoms with Crippen molar-refractivity contribution in [3.05, 3.63) is 17.5 Å². The fraction of sp³-hybridized carbons (Fsp3) is 0.762. The van der Waals surface area contributed by atoms with E-state index in [-0.39, 0.29) is 5.91 Å². The van der Waals surface area contributed by atoms with Crippen LogP contribution in [0.1, 0.15) is 64.3 Å². The maximum absolute atomic E-state index is 11.5. The molecule has 0 saturated carbocycles. The van der Waals surface area contributed by atoms with E-state index in [0.29, 0.717) is 18.0 Å². The molecule has 7 heteroatoms. The van der Waals surface area contributed by atoms with Gasteiger partial charge >= 0.3 is 0 Å². The average Bonchev–Trinajstić information content (AvgIpc) is 3.10. The second-order valence-electron chi connectivity index (χ2n) is 8.43. The zero-order chi connectivity index (χ0) is 20.1. The maximum atomic E-state index is 11.5. The third-order valence-corrected chi connectivity index (χ3v) is 5.88. The number of carbonyl (C=O) groups is 1. The summed E-state index contributed by atoms with van der Waals surface area (Å²) in [7, 11) is 0. The quantitative estimate of drug-likeness (QED) is 0.599. The molecule has 0 spiro atoms. The Morgan fingerprint density at radius 3 is 2.71 bits per heavy atom.